The monoisotopic (exact) mass is 246 g/mol. The number of hydrogen-bond acceptors (Lipinski definition) is 3. The first-order valence-electron chi connectivity index (χ1n) is 4.96. The van der Waals surface area contributed by atoms with Crippen LogP contribution in [0.3, 0.4) is 0 Å². The maximum Gasteiger partial charge on any atom is 0.335 e. The van der Waals surface area contributed by atoms with Gasteiger partial charge in [0, 0.05) is 4.90 Å². The number of carboxylic acid groups (broad SMARTS) is 1. The Kier molecular flexibility index (Phi) is 3.35. The topological polar surface area (TPSA) is 57.5 Å². The minimum Gasteiger partial charge on any atom is -0.507 e. The second-order valence-electron chi connectivity index (χ2n) is 3.40. The SMILES string of the molecule is O=C(O)c1ccc(Sc2ccccc2)c(O)c1. The Morgan fingerprint density at radius 3 is 2.35 bits per heavy atom. The van der Waals surface area contributed by atoms with Gasteiger partial charge >= 0.3 is 5.97 Å². The number of phenols is 1. The number of rotatable bonds is 3. The molecule has 0 saturated heterocycles. The maximum atomic E-state index is 10.7. The van der Waals surface area contributed by atoms with Gasteiger partial charge in [-0.15, -0.1) is 0 Å². The Balaban J connectivity index is 2.26. The summed E-state index contributed by atoms with van der Waals surface area (Å²) >= 11 is 1.39. The molecule has 2 aromatic rings. The average molecular weight is 246 g/mol. The number of phenolic OH excluding ortho intramolecular Hbond substituents is 1. The lowest BCUT2D eigenvalue weighted by molar-refractivity contribution is 0.0696. The second kappa shape index (κ2) is 4.93. The van der Waals surface area contributed by atoms with Gasteiger partial charge in [-0.05, 0) is 30.3 Å². The van der Waals surface area contributed by atoms with Crippen molar-refractivity contribution in [2.24, 2.45) is 0 Å². The predicted octanol–water partition coefficient (Wildman–Crippen LogP) is 3.24. The second-order valence-corrected chi connectivity index (χ2v) is 4.52. The lowest BCUT2D eigenvalue weighted by Crippen LogP contribution is -1.95. The maximum absolute atomic E-state index is 10.7. The van der Waals surface area contributed by atoms with Gasteiger partial charge < -0.3 is 10.2 Å². The Hall–Kier alpha value is -1.94. The zero-order chi connectivity index (χ0) is 12.3. The van der Waals surface area contributed by atoms with Gasteiger partial charge in [-0.2, -0.15) is 0 Å². The van der Waals surface area contributed by atoms with E-state index in [1.807, 2.05) is 30.3 Å². The first-order chi connectivity index (χ1) is 8.16. The predicted molar refractivity (Wildman–Crippen MR) is 65.6 cm³/mol. The van der Waals surface area contributed by atoms with Crippen LogP contribution < -0.4 is 0 Å². The van der Waals surface area contributed by atoms with E-state index in [1.165, 1.54) is 23.9 Å². The van der Waals surface area contributed by atoms with Crippen molar-refractivity contribution in [2.45, 2.75) is 9.79 Å². The summed E-state index contributed by atoms with van der Waals surface area (Å²) in [6.07, 6.45) is 0. The number of aromatic carboxylic acids is 1. The van der Waals surface area contributed by atoms with Crippen molar-refractivity contribution in [1.29, 1.82) is 0 Å². The van der Waals surface area contributed by atoms with Crippen LogP contribution in [0.25, 0.3) is 0 Å². The molecule has 0 radical (unpaired) electrons. The van der Waals surface area contributed by atoms with Crippen LogP contribution in [0.2, 0.25) is 0 Å². The normalized spacial score (nSPS) is 10.1. The Morgan fingerprint density at radius 1 is 1.06 bits per heavy atom. The molecule has 0 saturated carbocycles. The van der Waals surface area contributed by atoms with Crippen LogP contribution in [-0.2, 0) is 0 Å². The van der Waals surface area contributed by atoms with Gasteiger partial charge in [-0.1, -0.05) is 30.0 Å². The average Bonchev–Trinajstić information content (AvgIpc) is 2.33. The highest BCUT2D eigenvalue weighted by Crippen LogP contribution is 2.34. The van der Waals surface area contributed by atoms with Gasteiger partial charge in [-0.3, -0.25) is 0 Å². The van der Waals surface area contributed by atoms with Crippen LogP contribution in [0.4, 0.5) is 0 Å². The van der Waals surface area contributed by atoms with Crippen LogP contribution in [0.5, 0.6) is 5.75 Å². The molecule has 4 heteroatoms. The van der Waals surface area contributed by atoms with E-state index in [4.69, 9.17) is 5.11 Å². The van der Waals surface area contributed by atoms with Crippen LogP contribution in [0.1, 0.15) is 10.4 Å². The smallest absolute Gasteiger partial charge is 0.335 e. The largest absolute Gasteiger partial charge is 0.507 e. The lowest BCUT2D eigenvalue weighted by atomic mass is 10.2. The van der Waals surface area contributed by atoms with Crippen molar-refractivity contribution >= 4 is 17.7 Å². The first kappa shape index (κ1) is 11.5. The number of aromatic hydroxyl groups is 1. The van der Waals surface area contributed by atoms with E-state index in [0.29, 0.717) is 4.90 Å². The van der Waals surface area contributed by atoms with Gasteiger partial charge in [0.15, 0.2) is 0 Å². The number of carboxylic acids is 1. The molecule has 0 heterocycles. The fourth-order valence-electron chi connectivity index (χ4n) is 1.35. The molecular weight excluding hydrogens is 236 g/mol. The van der Waals surface area contributed by atoms with Crippen LogP contribution in [0, 0.1) is 0 Å². The Morgan fingerprint density at radius 2 is 1.76 bits per heavy atom. The van der Waals surface area contributed by atoms with Crippen molar-refractivity contribution in [3.8, 4) is 5.75 Å². The molecule has 86 valence electrons. The van der Waals surface area contributed by atoms with E-state index in [2.05, 4.69) is 0 Å². The lowest BCUT2D eigenvalue weighted by Gasteiger charge is -2.05. The molecule has 0 unspecified atom stereocenters. The molecule has 0 spiro atoms. The molecule has 0 fully saturated rings. The molecule has 0 aliphatic carbocycles. The van der Waals surface area contributed by atoms with Crippen molar-refractivity contribution < 1.29 is 15.0 Å². The van der Waals surface area contributed by atoms with Crippen molar-refractivity contribution in [2.75, 3.05) is 0 Å². The van der Waals surface area contributed by atoms with E-state index < -0.39 is 5.97 Å². The summed E-state index contributed by atoms with van der Waals surface area (Å²) in [5, 5.41) is 18.5. The fourth-order valence-corrected chi connectivity index (χ4v) is 2.20. The van der Waals surface area contributed by atoms with Crippen LogP contribution in [-0.4, -0.2) is 16.2 Å². The molecule has 0 atom stereocenters. The Labute approximate surface area is 103 Å². The van der Waals surface area contributed by atoms with Crippen molar-refractivity contribution in [3.63, 3.8) is 0 Å². The number of hydrogen-bond donors (Lipinski definition) is 2. The molecule has 2 N–H and O–H groups in total. The van der Waals surface area contributed by atoms with Crippen LogP contribution >= 0.6 is 11.8 Å². The number of benzene rings is 2. The molecule has 17 heavy (non-hydrogen) atoms. The molecule has 0 aliphatic rings. The zero-order valence-corrected chi connectivity index (χ0v) is 9.65. The van der Waals surface area contributed by atoms with E-state index in [1.54, 1.807) is 6.07 Å². The summed E-state index contributed by atoms with van der Waals surface area (Å²) in [6, 6.07) is 13.9. The highest BCUT2D eigenvalue weighted by Gasteiger charge is 2.08. The van der Waals surface area contributed by atoms with E-state index in [0.717, 1.165) is 4.90 Å². The minimum absolute atomic E-state index is 0.0150. The molecule has 0 aliphatic heterocycles. The summed E-state index contributed by atoms with van der Waals surface area (Å²) < 4.78 is 0. The summed E-state index contributed by atoms with van der Waals surface area (Å²) in [6.45, 7) is 0. The highest BCUT2D eigenvalue weighted by molar-refractivity contribution is 7.99. The van der Waals surface area contributed by atoms with Gasteiger partial charge in [0.2, 0.25) is 0 Å². The quantitative estimate of drug-likeness (QED) is 0.872. The molecule has 0 bridgehead atoms. The number of carbonyl (C=O) groups is 1. The molecule has 3 nitrogen and oxygen atoms in total. The summed E-state index contributed by atoms with van der Waals surface area (Å²) in [5.41, 5.74) is 0.0833. The third-order valence-electron chi connectivity index (χ3n) is 2.18. The molecule has 2 rings (SSSR count). The summed E-state index contributed by atoms with van der Waals surface area (Å²) in [4.78, 5) is 12.3. The Bertz CT molecular complexity index is 538. The van der Waals surface area contributed by atoms with Crippen molar-refractivity contribution in [3.05, 3.63) is 54.1 Å². The first-order valence-corrected chi connectivity index (χ1v) is 5.77. The molecule has 2 aromatic carbocycles. The van der Waals surface area contributed by atoms with E-state index in [9.17, 15) is 9.90 Å². The van der Waals surface area contributed by atoms with E-state index >= 15 is 0 Å². The van der Waals surface area contributed by atoms with Crippen LogP contribution in [0.15, 0.2) is 58.3 Å². The molecule has 0 aromatic heterocycles. The van der Waals surface area contributed by atoms with E-state index in [-0.39, 0.29) is 11.3 Å². The highest BCUT2D eigenvalue weighted by atomic mass is 32.2. The third-order valence-corrected chi connectivity index (χ3v) is 3.25. The van der Waals surface area contributed by atoms with Gasteiger partial charge in [0.05, 0.1) is 10.5 Å². The van der Waals surface area contributed by atoms with Gasteiger partial charge in [0.25, 0.3) is 0 Å². The fraction of sp³-hybridized carbons (Fsp3) is 0. The van der Waals surface area contributed by atoms with Gasteiger partial charge in [-0.25, -0.2) is 4.79 Å². The summed E-state index contributed by atoms with van der Waals surface area (Å²) in [7, 11) is 0. The van der Waals surface area contributed by atoms with Crippen molar-refractivity contribution in [1.82, 2.24) is 0 Å². The standard InChI is InChI=1S/C13H10O3S/c14-11-8-9(13(15)16)6-7-12(11)17-10-4-2-1-3-5-10/h1-8,14H,(H,15,16). The third kappa shape index (κ3) is 2.79. The van der Waals surface area contributed by atoms with Gasteiger partial charge in [0.1, 0.15) is 5.75 Å². The summed E-state index contributed by atoms with van der Waals surface area (Å²) in [5.74, 6) is -1.06. The molecule has 0 amide bonds. The zero-order valence-electron chi connectivity index (χ0n) is 8.83. The minimum atomic E-state index is -1.04. The molecular formula is C13H10O3S.